The lowest BCUT2D eigenvalue weighted by Gasteiger charge is -2.06. The van der Waals surface area contributed by atoms with Gasteiger partial charge in [-0.05, 0) is 6.07 Å². The van der Waals surface area contributed by atoms with E-state index in [0.717, 1.165) is 0 Å². The molecule has 0 spiro atoms. The molecule has 0 bridgehead atoms. The molecule has 1 N–H and O–H groups in total. The van der Waals surface area contributed by atoms with Crippen molar-refractivity contribution in [2.75, 3.05) is 6.54 Å². The molecule has 0 aromatic carbocycles. The Morgan fingerprint density at radius 2 is 2.75 bits per heavy atom. The second-order valence-electron chi connectivity index (χ2n) is 2.64. The molecule has 1 aromatic heterocycles. The summed E-state index contributed by atoms with van der Waals surface area (Å²) in [5.41, 5.74) is 0. The first kappa shape index (κ1) is 7.15. The third-order valence-electron chi connectivity index (χ3n) is 1.70. The van der Waals surface area contributed by atoms with E-state index in [1.54, 1.807) is 10.9 Å². The van der Waals surface area contributed by atoms with Gasteiger partial charge >= 0.3 is 6.09 Å². The van der Waals surface area contributed by atoms with Crippen LogP contribution in [0.4, 0.5) is 4.79 Å². The van der Waals surface area contributed by atoms with Gasteiger partial charge in [-0.3, -0.25) is 4.68 Å². The van der Waals surface area contributed by atoms with E-state index in [9.17, 15) is 4.79 Å². The molecule has 1 fully saturated rings. The number of ether oxygens (including phenoxy) is 1. The Kier molecular flexibility index (Phi) is 1.69. The van der Waals surface area contributed by atoms with Crippen LogP contribution in [0.2, 0.25) is 0 Å². The number of amides is 1. The van der Waals surface area contributed by atoms with Crippen LogP contribution >= 0.6 is 0 Å². The van der Waals surface area contributed by atoms with Crippen molar-refractivity contribution in [1.29, 1.82) is 0 Å². The van der Waals surface area contributed by atoms with E-state index in [0.29, 0.717) is 13.1 Å². The van der Waals surface area contributed by atoms with E-state index in [1.165, 1.54) is 0 Å². The molecule has 5 heteroatoms. The number of alkyl carbamates (subject to hydrolysis) is 1. The average Bonchev–Trinajstić information content (AvgIpc) is 2.63. The monoisotopic (exact) mass is 167 g/mol. The molecule has 5 nitrogen and oxygen atoms in total. The van der Waals surface area contributed by atoms with Crippen molar-refractivity contribution < 1.29 is 9.53 Å². The van der Waals surface area contributed by atoms with Crippen LogP contribution in [0.1, 0.15) is 0 Å². The van der Waals surface area contributed by atoms with Crippen LogP contribution in [-0.2, 0) is 11.3 Å². The molecular weight excluding hydrogens is 158 g/mol. The van der Waals surface area contributed by atoms with E-state index in [4.69, 9.17) is 4.74 Å². The summed E-state index contributed by atoms with van der Waals surface area (Å²) in [6.07, 6.45) is 3.11. The Hall–Kier alpha value is -1.52. The van der Waals surface area contributed by atoms with Crippen LogP contribution in [-0.4, -0.2) is 28.5 Å². The highest BCUT2D eigenvalue weighted by Gasteiger charge is 2.22. The first-order valence-corrected chi connectivity index (χ1v) is 3.76. The van der Waals surface area contributed by atoms with Gasteiger partial charge in [0.2, 0.25) is 0 Å². The summed E-state index contributed by atoms with van der Waals surface area (Å²) in [7, 11) is 0. The molecule has 1 atom stereocenters. The molecule has 1 aromatic rings. The minimum Gasteiger partial charge on any atom is -0.442 e. The lowest BCUT2D eigenvalue weighted by Crippen LogP contribution is -2.20. The molecule has 64 valence electrons. The quantitative estimate of drug-likeness (QED) is 0.674. The minimum absolute atomic E-state index is 0.0857. The molecule has 1 unspecified atom stereocenters. The SMILES string of the molecule is O=C1NCC(Cn2cccn2)O1. The number of carbonyl (C=O) groups is 1. The summed E-state index contributed by atoms with van der Waals surface area (Å²) in [6.45, 7) is 1.18. The Morgan fingerprint density at radius 3 is 3.33 bits per heavy atom. The highest BCUT2D eigenvalue weighted by atomic mass is 16.6. The van der Waals surface area contributed by atoms with Gasteiger partial charge < -0.3 is 10.1 Å². The maximum absolute atomic E-state index is 10.6. The summed E-state index contributed by atoms with van der Waals surface area (Å²) in [6, 6.07) is 1.84. The maximum atomic E-state index is 10.6. The molecular formula is C7H9N3O2. The molecule has 0 aliphatic carbocycles. The number of aromatic nitrogens is 2. The third kappa shape index (κ3) is 1.39. The Bertz CT molecular complexity index is 270. The van der Waals surface area contributed by atoms with Gasteiger partial charge in [0, 0.05) is 12.4 Å². The van der Waals surface area contributed by atoms with Gasteiger partial charge in [0.1, 0.15) is 6.10 Å². The van der Waals surface area contributed by atoms with Gasteiger partial charge in [-0.25, -0.2) is 4.79 Å². The lowest BCUT2D eigenvalue weighted by molar-refractivity contribution is 0.129. The van der Waals surface area contributed by atoms with Crippen molar-refractivity contribution in [2.24, 2.45) is 0 Å². The Morgan fingerprint density at radius 1 is 1.83 bits per heavy atom. The van der Waals surface area contributed by atoms with Gasteiger partial charge in [-0.15, -0.1) is 0 Å². The van der Waals surface area contributed by atoms with E-state index in [2.05, 4.69) is 10.4 Å². The summed E-state index contributed by atoms with van der Waals surface area (Å²) in [4.78, 5) is 10.6. The molecule has 1 aliphatic heterocycles. The zero-order chi connectivity index (χ0) is 8.39. The maximum Gasteiger partial charge on any atom is 0.407 e. The first-order valence-electron chi connectivity index (χ1n) is 3.76. The van der Waals surface area contributed by atoms with Crippen LogP contribution < -0.4 is 5.32 Å². The molecule has 2 rings (SSSR count). The number of cyclic esters (lactones) is 1. The second-order valence-corrected chi connectivity index (χ2v) is 2.64. The fraction of sp³-hybridized carbons (Fsp3) is 0.429. The highest BCUT2D eigenvalue weighted by molar-refractivity contribution is 5.69. The molecule has 0 saturated carbocycles. The fourth-order valence-corrected chi connectivity index (χ4v) is 1.15. The van der Waals surface area contributed by atoms with E-state index >= 15 is 0 Å². The topological polar surface area (TPSA) is 56.2 Å². The Balaban J connectivity index is 1.92. The first-order chi connectivity index (χ1) is 5.84. The molecule has 2 heterocycles. The smallest absolute Gasteiger partial charge is 0.407 e. The zero-order valence-electron chi connectivity index (χ0n) is 6.43. The van der Waals surface area contributed by atoms with Gasteiger partial charge in [0.05, 0.1) is 13.1 Å². The van der Waals surface area contributed by atoms with Crippen molar-refractivity contribution in [3.05, 3.63) is 18.5 Å². The largest absolute Gasteiger partial charge is 0.442 e. The minimum atomic E-state index is -0.341. The molecule has 1 aliphatic rings. The van der Waals surface area contributed by atoms with Gasteiger partial charge in [-0.1, -0.05) is 0 Å². The summed E-state index contributed by atoms with van der Waals surface area (Å²) < 4.78 is 6.66. The molecule has 1 saturated heterocycles. The number of nitrogens with one attached hydrogen (secondary N) is 1. The summed E-state index contributed by atoms with van der Waals surface area (Å²) in [5.74, 6) is 0. The number of rotatable bonds is 2. The zero-order valence-corrected chi connectivity index (χ0v) is 6.43. The number of hydrogen-bond acceptors (Lipinski definition) is 3. The average molecular weight is 167 g/mol. The van der Waals surface area contributed by atoms with Crippen LogP contribution in [0.3, 0.4) is 0 Å². The van der Waals surface area contributed by atoms with Crippen molar-refractivity contribution in [3.63, 3.8) is 0 Å². The molecule has 12 heavy (non-hydrogen) atoms. The van der Waals surface area contributed by atoms with E-state index in [-0.39, 0.29) is 12.2 Å². The van der Waals surface area contributed by atoms with Crippen LogP contribution in [0.25, 0.3) is 0 Å². The summed E-state index contributed by atoms with van der Waals surface area (Å²) >= 11 is 0. The van der Waals surface area contributed by atoms with Crippen molar-refractivity contribution in [3.8, 4) is 0 Å². The standard InChI is InChI=1S/C7H9N3O2/c11-7-8-4-6(12-7)5-10-3-1-2-9-10/h1-3,6H,4-5H2,(H,8,11). The van der Waals surface area contributed by atoms with Crippen molar-refractivity contribution in [1.82, 2.24) is 15.1 Å². The Labute approximate surface area is 69.3 Å². The van der Waals surface area contributed by atoms with Gasteiger partial charge in [-0.2, -0.15) is 5.10 Å². The van der Waals surface area contributed by atoms with Crippen LogP contribution in [0.5, 0.6) is 0 Å². The number of carbonyl (C=O) groups excluding carboxylic acids is 1. The third-order valence-corrected chi connectivity index (χ3v) is 1.70. The van der Waals surface area contributed by atoms with Gasteiger partial charge in [0.15, 0.2) is 0 Å². The highest BCUT2D eigenvalue weighted by Crippen LogP contribution is 2.02. The molecule has 1 amide bonds. The van der Waals surface area contributed by atoms with Gasteiger partial charge in [0.25, 0.3) is 0 Å². The number of nitrogens with zero attached hydrogens (tertiary/aromatic N) is 2. The van der Waals surface area contributed by atoms with E-state index < -0.39 is 0 Å². The normalized spacial score (nSPS) is 22.0. The predicted octanol–water partition coefficient (Wildman–Crippen LogP) is -0.00850. The van der Waals surface area contributed by atoms with Crippen LogP contribution in [0, 0.1) is 0 Å². The number of hydrogen-bond donors (Lipinski definition) is 1. The summed E-state index contributed by atoms with van der Waals surface area (Å²) in [5, 5.41) is 6.58. The van der Waals surface area contributed by atoms with Crippen molar-refractivity contribution >= 4 is 6.09 Å². The van der Waals surface area contributed by atoms with Crippen molar-refractivity contribution in [2.45, 2.75) is 12.6 Å². The lowest BCUT2D eigenvalue weighted by atomic mass is 10.4. The second kappa shape index (κ2) is 2.84. The van der Waals surface area contributed by atoms with E-state index in [1.807, 2.05) is 12.3 Å². The van der Waals surface area contributed by atoms with Crippen LogP contribution in [0.15, 0.2) is 18.5 Å². The molecule has 0 radical (unpaired) electrons. The predicted molar refractivity (Wildman–Crippen MR) is 40.5 cm³/mol. The fourth-order valence-electron chi connectivity index (χ4n) is 1.15.